The molecule has 0 saturated heterocycles. The van der Waals surface area contributed by atoms with Crippen molar-refractivity contribution in [3.63, 3.8) is 0 Å². The third-order valence-electron chi connectivity index (χ3n) is 4.05. The van der Waals surface area contributed by atoms with Crippen LogP contribution >= 0.6 is 0 Å². The van der Waals surface area contributed by atoms with Crippen LogP contribution in [0.5, 0.6) is 5.75 Å². The van der Waals surface area contributed by atoms with E-state index in [4.69, 9.17) is 4.43 Å². The molecule has 1 aromatic rings. The molecule has 0 saturated carbocycles. The minimum Gasteiger partial charge on any atom is -0.516 e. The van der Waals surface area contributed by atoms with Gasteiger partial charge in [-0.1, -0.05) is 26.8 Å². The maximum absolute atomic E-state index is 12.9. The monoisotopic (exact) mass is 398 g/mol. The zero-order valence-electron chi connectivity index (χ0n) is 14.8. The van der Waals surface area contributed by atoms with Crippen molar-refractivity contribution in [2.45, 2.75) is 51.0 Å². The maximum Gasteiger partial charge on any atom is 0.465 e. The van der Waals surface area contributed by atoms with Crippen molar-refractivity contribution in [3.8, 4) is 5.75 Å². The topological polar surface area (TPSA) is 52.6 Å². The van der Waals surface area contributed by atoms with Gasteiger partial charge in [-0.2, -0.15) is 22.0 Å². The van der Waals surface area contributed by atoms with Crippen LogP contribution in [0.3, 0.4) is 0 Å². The van der Waals surface area contributed by atoms with Crippen LogP contribution < -0.4 is 4.74 Å². The van der Waals surface area contributed by atoms with Gasteiger partial charge in [0.15, 0.2) is 0 Å². The van der Waals surface area contributed by atoms with Gasteiger partial charge in [0.25, 0.3) is 8.32 Å². The summed E-state index contributed by atoms with van der Waals surface area (Å²) in [4.78, 5) is 23.4. The van der Waals surface area contributed by atoms with Gasteiger partial charge in [-0.15, -0.1) is 0 Å². The Labute approximate surface area is 148 Å². The largest absolute Gasteiger partial charge is 0.516 e. The van der Waals surface area contributed by atoms with Crippen molar-refractivity contribution in [2.24, 2.45) is 0 Å². The van der Waals surface area contributed by atoms with Gasteiger partial charge in [-0.25, -0.2) is 9.59 Å². The molecule has 0 aliphatic heterocycles. The highest BCUT2D eigenvalue weighted by molar-refractivity contribution is 6.75. The molecule has 146 valence electrons. The zero-order valence-corrected chi connectivity index (χ0v) is 15.8. The van der Waals surface area contributed by atoms with Crippen molar-refractivity contribution in [1.29, 1.82) is 0 Å². The van der Waals surface area contributed by atoms with Crippen LogP contribution in [0.1, 0.15) is 31.1 Å². The first-order chi connectivity index (χ1) is 11.5. The molecule has 0 spiro atoms. The number of benzene rings is 1. The van der Waals surface area contributed by atoms with Crippen LogP contribution in [-0.2, 0) is 9.22 Å². The van der Waals surface area contributed by atoms with Gasteiger partial charge in [-0.3, -0.25) is 0 Å². The number of carbonyl (C=O) groups excluding carboxylic acids is 2. The molecule has 0 aromatic heterocycles. The standard InChI is InChI=1S/C16H19F5O4Si/c1-14(2,3)26(4,5)25-12(22)10-7-6-8-11(9-10)24-13(23)15(17,18)16(19,20)21/h6-9H,1-5H3. The quantitative estimate of drug-likeness (QED) is 0.312. The third kappa shape index (κ3) is 4.80. The van der Waals surface area contributed by atoms with Crippen molar-refractivity contribution in [2.75, 3.05) is 0 Å². The molecule has 0 heterocycles. The molecule has 1 rings (SSSR count). The average molecular weight is 398 g/mol. The second-order valence-corrected chi connectivity index (χ2v) is 11.9. The highest BCUT2D eigenvalue weighted by Crippen LogP contribution is 2.38. The van der Waals surface area contributed by atoms with Gasteiger partial charge in [-0.05, 0) is 36.3 Å². The number of halogens is 5. The van der Waals surface area contributed by atoms with E-state index in [1.54, 1.807) is 13.1 Å². The molecular weight excluding hydrogens is 379 g/mol. The summed E-state index contributed by atoms with van der Waals surface area (Å²) in [6.45, 7) is 9.29. The molecule has 26 heavy (non-hydrogen) atoms. The van der Waals surface area contributed by atoms with E-state index >= 15 is 0 Å². The molecule has 0 aliphatic carbocycles. The normalized spacial score (nSPS) is 13.3. The molecule has 0 amide bonds. The van der Waals surface area contributed by atoms with Gasteiger partial charge in [0.1, 0.15) is 5.75 Å². The summed E-state index contributed by atoms with van der Waals surface area (Å²) in [7, 11) is -2.48. The van der Waals surface area contributed by atoms with E-state index in [1.807, 2.05) is 20.8 Å². The van der Waals surface area contributed by atoms with E-state index in [2.05, 4.69) is 4.74 Å². The van der Waals surface area contributed by atoms with Gasteiger partial charge >= 0.3 is 24.0 Å². The number of esters is 1. The van der Waals surface area contributed by atoms with Crippen molar-refractivity contribution in [1.82, 2.24) is 0 Å². The van der Waals surface area contributed by atoms with Crippen molar-refractivity contribution < 1.29 is 40.7 Å². The molecule has 0 N–H and O–H groups in total. The molecule has 4 nitrogen and oxygen atoms in total. The molecule has 0 bridgehead atoms. The summed E-state index contributed by atoms with van der Waals surface area (Å²) in [5, 5.41) is -0.290. The predicted molar refractivity (Wildman–Crippen MR) is 85.7 cm³/mol. The Morgan fingerprint density at radius 2 is 1.54 bits per heavy atom. The Hall–Kier alpha value is -1.97. The Bertz CT molecular complexity index is 693. The summed E-state index contributed by atoms with van der Waals surface area (Å²) in [5.74, 6) is -9.84. The smallest absolute Gasteiger partial charge is 0.465 e. The lowest BCUT2D eigenvalue weighted by atomic mass is 10.2. The highest BCUT2D eigenvalue weighted by atomic mass is 28.4. The first kappa shape index (κ1) is 22.1. The number of hydrogen-bond acceptors (Lipinski definition) is 4. The highest BCUT2D eigenvalue weighted by Gasteiger charge is 2.65. The van der Waals surface area contributed by atoms with Crippen LogP contribution in [0.4, 0.5) is 22.0 Å². The molecule has 0 unspecified atom stereocenters. The summed E-state index contributed by atoms with van der Waals surface area (Å²) in [5.41, 5.74) is -0.129. The van der Waals surface area contributed by atoms with Crippen LogP contribution in [0.25, 0.3) is 0 Å². The SMILES string of the molecule is CC(C)(C)[Si](C)(C)OC(=O)c1cccc(OC(=O)C(F)(F)C(F)(F)F)c1. The number of carbonyl (C=O) groups is 2. The molecule has 0 fully saturated rings. The second-order valence-electron chi connectivity index (χ2n) is 7.14. The fourth-order valence-corrected chi connectivity index (χ4v) is 2.30. The summed E-state index contributed by atoms with van der Waals surface area (Å²) in [6.07, 6.45) is -6.08. The fourth-order valence-electron chi connectivity index (χ4n) is 1.42. The van der Waals surface area contributed by atoms with Gasteiger partial charge in [0.2, 0.25) is 0 Å². The Kier molecular flexibility index (Phi) is 5.92. The first-order valence-corrected chi connectivity index (χ1v) is 10.4. The van der Waals surface area contributed by atoms with Crippen LogP contribution in [-0.4, -0.2) is 32.4 Å². The predicted octanol–water partition coefficient (Wildman–Crippen LogP) is 4.95. The lowest BCUT2D eigenvalue weighted by Gasteiger charge is -2.35. The lowest BCUT2D eigenvalue weighted by Crippen LogP contribution is -2.46. The molecule has 0 atom stereocenters. The number of hydrogen-bond donors (Lipinski definition) is 0. The third-order valence-corrected chi connectivity index (χ3v) is 8.35. The van der Waals surface area contributed by atoms with E-state index in [0.717, 1.165) is 12.1 Å². The average Bonchev–Trinajstić information content (AvgIpc) is 2.44. The van der Waals surface area contributed by atoms with Gasteiger partial charge < -0.3 is 9.16 Å². The van der Waals surface area contributed by atoms with Crippen molar-refractivity contribution >= 4 is 20.3 Å². The molecule has 10 heteroatoms. The minimum atomic E-state index is -6.08. The molecule has 0 radical (unpaired) electrons. The Morgan fingerprint density at radius 3 is 2.00 bits per heavy atom. The van der Waals surface area contributed by atoms with Crippen LogP contribution in [0, 0.1) is 0 Å². The van der Waals surface area contributed by atoms with Gasteiger partial charge in [0, 0.05) is 0 Å². The van der Waals surface area contributed by atoms with E-state index in [1.165, 1.54) is 12.1 Å². The molecule has 1 aromatic carbocycles. The summed E-state index contributed by atoms with van der Waals surface area (Å²) in [6, 6.07) is 4.30. The van der Waals surface area contributed by atoms with E-state index in [-0.39, 0.29) is 10.6 Å². The van der Waals surface area contributed by atoms with E-state index in [9.17, 15) is 31.5 Å². The van der Waals surface area contributed by atoms with Crippen LogP contribution in [0.15, 0.2) is 24.3 Å². The maximum atomic E-state index is 12.9. The summed E-state index contributed by atoms with van der Waals surface area (Å²) >= 11 is 0. The Morgan fingerprint density at radius 1 is 1.00 bits per heavy atom. The lowest BCUT2D eigenvalue weighted by molar-refractivity contribution is -0.276. The molecule has 0 aliphatic rings. The van der Waals surface area contributed by atoms with Gasteiger partial charge in [0.05, 0.1) is 5.56 Å². The Balaban J connectivity index is 2.99. The number of alkyl halides is 5. The van der Waals surface area contributed by atoms with E-state index < -0.39 is 38.1 Å². The zero-order chi connectivity index (χ0) is 20.6. The minimum absolute atomic E-state index is 0.129. The summed E-state index contributed by atoms with van der Waals surface area (Å²) < 4.78 is 72.0. The number of ether oxygens (including phenoxy) is 1. The van der Waals surface area contributed by atoms with Crippen molar-refractivity contribution in [3.05, 3.63) is 29.8 Å². The second kappa shape index (κ2) is 6.97. The fraction of sp³-hybridized carbons (Fsp3) is 0.500. The number of rotatable bonds is 4. The van der Waals surface area contributed by atoms with Crippen LogP contribution in [0.2, 0.25) is 18.1 Å². The first-order valence-electron chi connectivity index (χ1n) is 7.49. The molecular formula is C16H19F5O4Si. The van der Waals surface area contributed by atoms with E-state index in [0.29, 0.717) is 0 Å².